The van der Waals surface area contributed by atoms with Crippen molar-refractivity contribution in [3.05, 3.63) is 85.1 Å². The van der Waals surface area contributed by atoms with Gasteiger partial charge in [-0.15, -0.1) is 0 Å². The third kappa shape index (κ3) is 4.33. The molecule has 182 valence electrons. The Bertz CT molecular complexity index is 1770. The number of aromatic nitrogens is 5. The average molecular weight is 491 g/mol. The Labute approximate surface area is 211 Å². The van der Waals surface area contributed by atoms with E-state index in [1.54, 1.807) is 24.7 Å². The summed E-state index contributed by atoms with van der Waals surface area (Å²) in [5.74, 6) is -0.311. The number of aromatic amines is 2. The number of fused-ring (bicyclic) bond motifs is 2. The van der Waals surface area contributed by atoms with Gasteiger partial charge in [0.1, 0.15) is 11.5 Å². The molecule has 0 aliphatic rings. The first kappa shape index (κ1) is 22.6. The highest BCUT2D eigenvalue weighted by molar-refractivity contribution is 6.01. The lowest BCUT2D eigenvalue weighted by molar-refractivity contribution is -0.116. The maximum atomic E-state index is 13.9. The van der Waals surface area contributed by atoms with Crippen molar-refractivity contribution in [2.24, 2.45) is 0 Å². The van der Waals surface area contributed by atoms with Crippen LogP contribution in [0.3, 0.4) is 0 Å². The summed E-state index contributed by atoms with van der Waals surface area (Å²) in [5, 5.41) is 12.3. The molecule has 0 unspecified atom stereocenters. The Kier molecular flexibility index (Phi) is 5.69. The van der Waals surface area contributed by atoms with E-state index in [0.717, 1.165) is 56.4 Å². The molecule has 6 rings (SSSR count). The summed E-state index contributed by atoms with van der Waals surface area (Å²) in [4.78, 5) is 24.3. The Morgan fingerprint density at radius 3 is 2.68 bits per heavy atom. The third-order valence-corrected chi connectivity index (χ3v) is 6.30. The lowest BCUT2D eigenvalue weighted by atomic mass is 10.0. The van der Waals surface area contributed by atoms with E-state index in [-0.39, 0.29) is 11.7 Å². The van der Waals surface area contributed by atoms with Gasteiger partial charge in [0, 0.05) is 46.2 Å². The molecule has 3 N–H and O–H groups in total. The molecular weight excluding hydrogens is 467 g/mol. The first-order valence-electron chi connectivity index (χ1n) is 12.1. The quantitative estimate of drug-likeness (QED) is 0.241. The number of halogens is 1. The minimum atomic E-state index is -0.273. The predicted molar refractivity (Wildman–Crippen MR) is 143 cm³/mol. The monoisotopic (exact) mass is 490 g/mol. The molecule has 0 saturated heterocycles. The van der Waals surface area contributed by atoms with Crippen LogP contribution in [-0.2, 0) is 4.79 Å². The van der Waals surface area contributed by atoms with Gasteiger partial charge in [0.2, 0.25) is 5.91 Å². The van der Waals surface area contributed by atoms with Gasteiger partial charge in [-0.25, -0.2) is 9.37 Å². The van der Waals surface area contributed by atoms with E-state index in [1.165, 1.54) is 12.1 Å². The van der Waals surface area contributed by atoms with Gasteiger partial charge in [-0.2, -0.15) is 5.10 Å². The van der Waals surface area contributed by atoms with Crippen molar-refractivity contribution in [1.29, 1.82) is 0 Å². The van der Waals surface area contributed by atoms with Crippen molar-refractivity contribution in [3.63, 3.8) is 0 Å². The van der Waals surface area contributed by atoms with E-state index < -0.39 is 0 Å². The minimum Gasteiger partial charge on any atom is -0.353 e. The molecule has 4 aromatic heterocycles. The Morgan fingerprint density at radius 2 is 1.81 bits per heavy atom. The molecule has 0 spiro atoms. The van der Waals surface area contributed by atoms with Crippen LogP contribution in [0.25, 0.3) is 55.6 Å². The van der Waals surface area contributed by atoms with Crippen LogP contribution >= 0.6 is 0 Å². The lowest BCUT2D eigenvalue weighted by Crippen LogP contribution is -2.10. The first-order valence-corrected chi connectivity index (χ1v) is 12.1. The van der Waals surface area contributed by atoms with E-state index in [4.69, 9.17) is 0 Å². The van der Waals surface area contributed by atoms with E-state index in [2.05, 4.69) is 30.5 Å². The van der Waals surface area contributed by atoms with Crippen LogP contribution in [-0.4, -0.2) is 31.1 Å². The second kappa shape index (κ2) is 9.31. The summed E-state index contributed by atoms with van der Waals surface area (Å²) < 4.78 is 13.9. The summed E-state index contributed by atoms with van der Waals surface area (Å²) in [6.07, 6.45) is 6.37. The standard InChI is InChI=1S/C29H23FN6O/c1-2-5-27(37)33-21-11-18(14-31-16-21)19-12-24-28(35-36-29(24)32-15-19)26-13-23-22(8-4-9-25(23)34-26)17-6-3-7-20(30)10-17/h3-4,6-16,34H,2,5H2,1H3,(H,33,37)(H,32,35,36). The zero-order valence-corrected chi connectivity index (χ0v) is 20.0. The fourth-order valence-corrected chi connectivity index (χ4v) is 4.57. The number of pyridine rings is 2. The normalized spacial score (nSPS) is 11.3. The van der Waals surface area contributed by atoms with Crippen molar-refractivity contribution in [1.82, 2.24) is 25.1 Å². The molecule has 0 fully saturated rings. The number of hydrogen-bond donors (Lipinski definition) is 3. The molecule has 1 amide bonds. The number of benzene rings is 2. The highest BCUT2D eigenvalue weighted by atomic mass is 19.1. The van der Waals surface area contributed by atoms with E-state index in [1.807, 2.05) is 49.4 Å². The largest absolute Gasteiger partial charge is 0.353 e. The lowest BCUT2D eigenvalue weighted by Gasteiger charge is -2.07. The van der Waals surface area contributed by atoms with E-state index >= 15 is 0 Å². The molecule has 0 aliphatic heterocycles. The van der Waals surface area contributed by atoms with Gasteiger partial charge in [0.25, 0.3) is 0 Å². The van der Waals surface area contributed by atoms with Gasteiger partial charge >= 0.3 is 0 Å². The second-order valence-electron chi connectivity index (χ2n) is 8.91. The molecule has 0 saturated carbocycles. The predicted octanol–water partition coefficient (Wildman–Crippen LogP) is 6.71. The fourth-order valence-electron chi connectivity index (χ4n) is 4.57. The number of hydrogen-bond acceptors (Lipinski definition) is 4. The van der Waals surface area contributed by atoms with Crippen molar-refractivity contribution >= 4 is 33.5 Å². The van der Waals surface area contributed by atoms with Crippen LogP contribution in [0.4, 0.5) is 10.1 Å². The summed E-state index contributed by atoms with van der Waals surface area (Å²) >= 11 is 0. The highest BCUT2D eigenvalue weighted by Crippen LogP contribution is 2.35. The van der Waals surface area contributed by atoms with Gasteiger partial charge < -0.3 is 10.3 Å². The fraction of sp³-hybridized carbons (Fsp3) is 0.103. The maximum absolute atomic E-state index is 13.9. The van der Waals surface area contributed by atoms with Crippen molar-refractivity contribution in [2.45, 2.75) is 19.8 Å². The van der Waals surface area contributed by atoms with Gasteiger partial charge in [-0.05, 0) is 53.9 Å². The molecule has 2 aromatic carbocycles. The Balaban J connectivity index is 1.40. The SMILES string of the molecule is CCCC(=O)Nc1cncc(-c2cnc3[nH]nc(-c4cc5c(-c6cccc(F)c6)cccc5[nH]4)c3c2)c1. The zero-order valence-electron chi connectivity index (χ0n) is 20.0. The van der Waals surface area contributed by atoms with Crippen molar-refractivity contribution in [3.8, 4) is 33.6 Å². The zero-order chi connectivity index (χ0) is 25.4. The number of carbonyl (C=O) groups excluding carboxylic acids is 1. The maximum Gasteiger partial charge on any atom is 0.224 e. The summed E-state index contributed by atoms with van der Waals surface area (Å²) in [6.45, 7) is 1.97. The topological polar surface area (TPSA) is 99.3 Å². The van der Waals surface area contributed by atoms with Crippen LogP contribution in [0.15, 0.2) is 79.3 Å². The van der Waals surface area contributed by atoms with Crippen LogP contribution < -0.4 is 5.32 Å². The van der Waals surface area contributed by atoms with Gasteiger partial charge in [-0.1, -0.05) is 31.2 Å². The molecule has 0 aliphatic carbocycles. The highest BCUT2D eigenvalue weighted by Gasteiger charge is 2.15. The molecule has 37 heavy (non-hydrogen) atoms. The number of rotatable bonds is 6. The Morgan fingerprint density at radius 1 is 0.946 bits per heavy atom. The third-order valence-electron chi connectivity index (χ3n) is 6.30. The molecule has 0 atom stereocenters. The molecule has 0 radical (unpaired) electrons. The number of nitrogens with one attached hydrogen (secondary N) is 3. The number of amides is 1. The van der Waals surface area contributed by atoms with Crippen molar-refractivity contribution < 1.29 is 9.18 Å². The van der Waals surface area contributed by atoms with Gasteiger partial charge in [-0.3, -0.25) is 14.9 Å². The van der Waals surface area contributed by atoms with Crippen LogP contribution in [0.5, 0.6) is 0 Å². The minimum absolute atomic E-state index is 0.0384. The van der Waals surface area contributed by atoms with Crippen LogP contribution in [0.1, 0.15) is 19.8 Å². The molecule has 0 bridgehead atoms. The molecule has 4 heterocycles. The molecule has 7 nitrogen and oxygen atoms in total. The number of H-pyrrole nitrogens is 2. The number of nitrogens with zero attached hydrogens (tertiary/aromatic N) is 3. The van der Waals surface area contributed by atoms with Gasteiger partial charge in [0.05, 0.1) is 17.6 Å². The summed E-state index contributed by atoms with van der Waals surface area (Å²) in [7, 11) is 0. The summed E-state index contributed by atoms with van der Waals surface area (Å²) in [6, 6.07) is 18.4. The average Bonchev–Trinajstić information content (AvgIpc) is 3.52. The summed E-state index contributed by atoms with van der Waals surface area (Å²) in [5.41, 5.74) is 7.21. The van der Waals surface area contributed by atoms with E-state index in [9.17, 15) is 9.18 Å². The smallest absolute Gasteiger partial charge is 0.224 e. The van der Waals surface area contributed by atoms with Crippen LogP contribution in [0.2, 0.25) is 0 Å². The second-order valence-corrected chi connectivity index (χ2v) is 8.91. The Hall–Kier alpha value is -4.85. The number of carbonyl (C=O) groups is 1. The van der Waals surface area contributed by atoms with Crippen LogP contribution in [0, 0.1) is 5.82 Å². The first-order chi connectivity index (χ1) is 18.1. The molecular formula is C29H23FN6O. The molecule has 6 aromatic rings. The van der Waals surface area contributed by atoms with Gasteiger partial charge in [0.15, 0.2) is 5.65 Å². The van der Waals surface area contributed by atoms with E-state index in [0.29, 0.717) is 17.8 Å². The molecule has 8 heteroatoms. The van der Waals surface area contributed by atoms with Crippen molar-refractivity contribution in [2.75, 3.05) is 5.32 Å². The number of anilines is 1.